The predicted octanol–water partition coefficient (Wildman–Crippen LogP) is -0.301. The highest BCUT2D eigenvalue weighted by Crippen LogP contribution is 2.20. The molecule has 1 heterocycles. The van der Waals surface area contributed by atoms with E-state index in [-0.39, 0.29) is 24.9 Å². The molecule has 1 amide bonds. The van der Waals surface area contributed by atoms with Crippen molar-refractivity contribution >= 4 is 40.4 Å². The third-order valence-electron chi connectivity index (χ3n) is 2.73. The van der Waals surface area contributed by atoms with Gasteiger partial charge >= 0.3 is 0 Å². The van der Waals surface area contributed by atoms with Crippen molar-refractivity contribution in [2.45, 2.75) is 13.0 Å². The van der Waals surface area contributed by atoms with Gasteiger partial charge in [0.1, 0.15) is 6.54 Å². The zero-order valence-electron chi connectivity index (χ0n) is 10.9. The van der Waals surface area contributed by atoms with Crippen LogP contribution in [0.2, 0.25) is 10.0 Å². The second-order valence-electron chi connectivity index (χ2n) is 4.17. The quantitative estimate of drug-likeness (QED) is 0.751. The van der Waals surface area contributed by atoms with Crippen LogP contribution in [0.4, 0.5) is 0 Å². The number of thiazole rings is 1. The van der Waals surface area contributed by atoms with Gasteiger partial charge in [-0.3, -0.25) is 10.2 Å². The Morgan fingerprint density at radius 3 is 2.76 bits per heavy atom. The summed E-state index contributed by atoms with van der Waals surface area (Å²) in [5, 5.41) is 13.4. The first kappa shape index (κ1) is 18.0. The van der Waals surface area contributed by atoms with Crippen LogP contribution in [0.25, 0.3) is 0 Å². The lowest BCUT2D eigenvalue weighted by Gasteiger charge is -2.07. The summed E-state index contributed by atoms with van der Waals surface area (Å²) >= 11 is 13.2. The van der Waals surface area contributed by atoms with Crippen LogP contribution in [0.5, 0.6) is 0 Å². The topological polar surface area (TPSA) is 57.9 Å². The molecule has 21 heavy (non-hydrogen) atoms. The molecule has 0 saturated carbocycles. The fraction of sp³-hybridized carbons (Fsp3) is 0.231. The van der Waals surface area contributed by atoms with Crippen molar-refractivity contribution in [1.82, 2.24) is 9.88 Å². The standard InChI is InChI=1S/C13H13Cl2N3OS.ClH/c14-10-2-1-9(11(15)7-10)3-4-17-12(19)8-18-5-6-20-13(18)16;/h1-2,5-7,16H,3-4,8H2,(H,17,19);1H/p-1. The molecule has 0 saturated heterocycles. The van der Waals surface area contributed by atoms with Gasteiger partial charge < -0.3 is 22.3 Å². The zero-order valence-corrected chi connectivity index (χ0v) is 14.0. The number of nitrogens with one attached hydrogen (secondary N) is 2. The molecule has 0 aliphatic heterocycles. The smallest absolute Gasteiger partial charge is 0.240 e. The Labute approximate surface area is 142 Å². The fourth-order valence-corrected chi connectivity index (χ4v) is 2.80. The lowest BCUT2D eigenvalue weighted by atomic mass is 10.1. The van der Waals surface area contributed by atoms with Gasteiger partial charge in [-0.1, -0.05) is 29.3 Å². The van der Waals surface area contributed by atoms with Crippen molar-refractivity contribution < 1.29 is 17.2 Å². The number of hydrogen-bond donors (Lipinski definition) is 2. The van der Waals surface area contributed by atoms with E-state index in [0.717, 1.165) is 5.56 Å². The Bertz CT molecular complexity index is 669. The third-order valence-corrected chi connectivity index (χ3v) is 4.03. The SMILES string of the molecule is N=c1sccn1CC(=O)NCCc1ccc(Cl)cc1Cl.[Cl-]. The molecule has 0 aliphatic carbocycles. The Morgan fingerprint density at radius 2 is 2.14 bits per heavy atom. The van der Waals surface area contributed by atoms with E-state index in [2.05, 4.69) is 5.32 Å². The molecular formula is C13H13Cl3N3OS-. The van der Waals surface area contributed by atoms with Gasteiger partial charge in [-0.05, 0) is 24.1 Å². The Morgan fingerprint density at radius 1 is 1.38 bits per heavy atom. The maximum atomic E-state index is 11.7. The minimum Gasteiger partial charge on any atom is -1.00 e. The minimum atomic E-state index is -0.119. The predicted molar refractivity (Wildman–Crippen MR) is 81.3 cm³/mol. The highest BCUT2D eigenvalue weighted by atomic mass is 35.5. The van der Waals surface area contributed by atoms with E-state index in [9.17, 15) is 4.79 Å². The summed E-state index contributed by atoms with van der Waals surface area (Å²) in [5.41, 5.74) is 0.945. The molecule has 114 valence electrons. The molecule has 0 fully saturated rings. The van der Waals surface area contributed by atoms with Crippen LogP contribution in [-0.4, -0.2) is 17.0 Å². The first-order valence-corrected chi connectivity index (χ1v) is 7.59. The van der Waals surface area contributed by atoms with Gasteiger partial charge in [-0.2, -0.15) is 0 Å². The molecule has 0 spiro atoms. The van der Waals surface area contributed by atoms with Crippen LogP contribution in [0, 0.1) is 5.41 Å². The fourth-order valence-electron chi connectivity index (χ4n) is 1.70. The highest BCUT2D eigenvalue weighted by Gasteiger charge is 2.05. The van der Waals surface area contributed by atoms with E-state index >= 15 is 0 Å². The van der Waals surface area contributed by atoms with E-state index in [1.54, 1.807) is 28.3 Å². The average molecular weight is 366 g/mol. The number of halogens is 3. The van der Waals surface area contributed by atoms with Crippen molar-refractivity contribution in [3.8, 4) is 0 Å². The van der Waals surface area contributed by atoms with Gasteiger partial charge in [0, 0.05) is 28.2 Å². The lowest BCUT2D eigenvalue weighted by molar-refractivity contribution is -0.121. The van der Waals surface area contributed by atoms with Crippen LogP contribution in [0.15, 0.2) is 29.8 Å². The molecular weight excluding hydrogens is 353 g/mol. The molecule has 2 aromatic rings. The summed E-state index contributed by atoms with van der Waals surface area (Å²) in [4.78, 5) is 12.1. The van der Waals surface area contributed by atoms with Gasteiger partial charge in [-0.25, -0.2) is 0 Å². The van der Waals surface area contributed by atoms with Crippen molar-refractivity contribution in [3.05, 3.63) is 50.2 Å². The third kappa shape index (κ3) is 5.36. The molecule has 0 radical (unpaired) electrons. The second-order valence-corrected chi connectivity index (χ2v) is 5.91. The number of benzene rings is 1. The van der Waals surface area contributed by atoms with Crippen molar-refractivity contribution in [2.24, 2.45) is 0 Å². The van der Waals surface area contributed by atoms with E-state index in [1.807, 2.05) is 6.07 Å². The summed E-state index contributed by atoms with van der Waals surface area (Å²) in [7, 11) is 0. The van der Waals surface area contributed by atoms with Crippen LogP contribution >= 0.6 is 34.5 Å². The number of aromatic nitrogens is 1. The van der Waals surface area contributed by atoms with E-state index in [1.165, 1.54) is 11.3 Å². The van der Waals surface area contributed by atoms with Crippen LogP contribution in [0.1, 0.15) is 5.56 Å². The number of nitrogens with zero attached hydrogens (tertiary/aromatic N) is 1. The lowest BCUT2D eigenvalue weighted by Crippen LogP contribution is -3.00. The van der Waals surface area contributed by atoms with Crippen molar-refractivity contribution in [2.75, 3.05) is 6.54 Å². The summed E-state index contributed by atoms with van der Waals surface area (Å²) < 4.78 is 1.59. The number of hydrogen-bond acceptors (Lipinski definition) is 3. The highest BCUT2D eigenvalue weighted by molar-refractivity contribution is 7.06. The molecule has 0 bridgehead atoms. The Kier molecular flexibility index (Phi) is 7.25. The summed E-state index contributed by atoms with van der Waals surface area (Å²) in [5.74, 6) is -0.119. The summed E-state index contributed by atoms with van der Waals surface area (Å²) in [6.45, 7) is 0.662. The average Bonchev–Trinajstić information content (AvgIpc) is 2.78. The van der Waals surface area contributed by atoms with E-state index in [4.69, 9.17) is 28.6 Å². The molecule has 8 heteroatoms. The van der Waals surface area contributed by atoms with Crippen molar-refractivity contribution in [1.29, 1.82) is 5.41 Å². The first-order chi connectivity index (χ1) is 9.56. The van der Waals surface area contributed by atoms with Gasteiger partial charge in [0.25, 0.3) is 0 Å². The minimum absolute atomic E-state index is 0. The Hall–Kier alpha value is -1.01. The zero-order chi connectivity index (χ0) is 14.5. The monoisotopic (exact) mass is 364 g/mol. The maximum absolute atomic E-state index is 11.7. The normalized spacial score (nSPS) is 10.0. The van der Waals surface area contributed by atoms with E-state index < -0.39 is 0 Å². The number of amides is 1. The largest absolute Gasteiger partial charge is 1.00 e. The summed E-state index contributed by atoms with van der Waals surface area (Å²) in [6, 6.07) is 5.32. The van der Waals surface area contributed by atoms with Crippen LogP contribution in [-0.2, 0) is 17.8 Å². The maximum Gasteiger partial charge on any atom is 0.240 e. The molecule has 0 aliphatic rings. The molecule has 1 aromatic heterocycles. The van der Waals surface area contributed by atoms with Crippen molar-refractivity contribution in [3.63, 3.8) is 0 Å². The molecule has 0 atom stereocenters. The van der Waals surface area contributed by atoms with Gasteiger partial charge in [0.05, 0.1) is 0 Å². The number of carbonyl (C=O) groups excluding carboxylic acids is 1. The second kappa shape index (κ2) is 8.44. The van der Waals surface area contributed by atoms with Crippen LogP contribution < -0.4 is 22.5 Å². The van der Waals surface area contributed by atoms with Gasteiger partial charge in [0.15, 0.2) is 4.80 Å². The van der Waals surface area contributed by atoms with Gasteiger partial charge in [-0.15, -0.1) is 11.3 Å². The number of rotatable bonds is 5. The van der Waals surface area contributed by atoms with Gasteiger partial charge in [0.2, 0.25) is 5.91 Å². The van der Waals surface area contributed by atoms with Crippen LogP contribution in [0.3, 0.4) is 0 Å². The molecule has 1 aromatic carbocycles. The molecule has 4 nitrogen and oxygen atoms in total. The summed E-state index contributed by atoms with van der Waals surface area (Å²) in [6.07, 6.45) is 2.37. The molecule has 2 rings (SSSR count). The first-order valence-electron chi connectivity index (χ1n) is 5.95. The number of carbonyl (C=O) groups is 1. The Balaban J connectivity index is 0.00000220. The molecule has 2 N–H and O–H groups in total. The van der Waals surface area contributed by atoms with E-state index in [0.29, 0.717) is 27.8 Å². The molecule has 0 unspecified atom stereocenters.